The summed E-state index contributed by atoms with van der Waals surface area (Å²) in [6, 6.07) is 0.0475. The lowest BCUT2D eigenvalue weighted by Gasteiger charge is -2.35. The van der Waals surface area contributed by atoms with E-state index in [9.17, 15) is 4.79 Å². The molecule has 0 spiro atoms. The zero-order valence-corrected chi connectivity index (χ0v) is 12.7. The van der Waals surface area contributed by atoms with Gasteiger partial charge in [0.05, 0.1) is 6.04 Å². The van der Waals surface area contributed by atoms with E-state index >= 15 is 0 Å². The molecule has 0 aromatic heterocycles. The lowest BCUT2D eigenvalue weighted by molar-refractivity contribution is -0.126. The van der Waals surface area contributed by atoms with Gasteiger partial charge in [-0.15, -0.1) is 0 Å². The van der Waals surface area contributed by atoms with Crippen molar-refractivity contribution >= 4 is 5.91 Å². The molecule has 2 rings (SSSR count). The summed E-state index contributed by atoms with van der Waals surface area (Å²) in [5.74, 6) is 1.70. The fourth-order valence-corrected chi connectivity index (χ4v) is 3.53. The minimum atomic E-state index is 0.0475. The number of piperidine rings is 1. The van der Waals surface area contributed by atoms with E-state index in [-0.39, 0.29) is 11.9 Å². The number of likely N-dealkylation sites (tertiary alicyclic amines) is 1. The molecule has 2 atom stereocenters. The van der Waals surface area contributed by atoms with Gasteiger partial charge in [-0.1, -0.05) is 26.2 Å². The summed E-state index contributed by atoms with van der Waals surface area (Å²) in [5.41, 5.74) is 0. The highest BCUT2D eigenvalue weighted by molar-refractivity contribution is 5.81. The molecular formula is C16H30N2O. The Kier molecular flexibility index (Phi) is 5.68. The third-order valence-electron chi connectivity index (χ3n) is 4.91. The lowest BCUT2D eigenvalue weighted by Crippen LogP contribution is -2.49. The molecule has 2 aliphatic rings. The van der Waals surface area contributed by atoms with Gasteiger partial charge < -0.3 is 5.32 Å². The highest BCUT2D eigenvalue weighted by atomic mass is 16.2. The van der Waals surface area contributed by atoms with E-state index in [1.165, 1.54) is 44.9 Å². The Morgan fingerprint density at radius 2 is 1.95 bits per heavy atom. The Morgan fingerprint density at radius 1 is 1.21 bits per heavy atom. The first kappa shape index (κ1) is 14.8. The van der Waals surface area contributed by atoms with Crippen molar-refractivity contribution in [1.29, 1.82) is 0 Å². The molecular weight excluding hydrogens is 236 g/mol. The van der Waals surface area contributed by atoms with E-state index in [0.29, 0.717) is 0 Å². The van der Waals surface area contributed by atoms with Crippen molar-refractivity contribution in [2.45, 2.75) is 64.8 Å². The molecule has 1 heterocycles. The van der Waals surface area contributed by atoms with Gasteiger partial charge in [-0.3, -0.25) is 9.69 Å². The SMILES string of the molecule is CC1CCCN(C(C)C(=O)NCC2CCCCC2)C1. The number of hydrogen-bond acceptors (Lipinski definition) is 2. The second kappa shape index (κ2) is 7.28. The van der Waals surface area contributed by atoms with Crippen LogP contribution in [0, 0.1) is 11.8 Å². The summed E-state index contributed by atoms with van der Waals surface area (Å²) >= 11 is 0. The molecule has 3 heteroatoms. The van der Waals surface area contributed by atoms with Crippen molar-refractivity contribution < 1.29 is 4.79 Å². The summed E-state index contributed by atoms with van der Waals surface area (Å²) in [4.78, 5) is 14.6. The van der Waals surface area contributed by atoms with Crippen LogP contribution in [0.1, 0.15) is 58.8 Å². The van der Waals surface area contributed by atoms with E-state index < -0.39 is 0 Å². The van der Waals surface area contributed by atoms with Crippen molar-refractivity contribution in [1.82, 2.24) is 10.2 Å². The van der Waals surface area contributed by atoms with Crippen LogP contribution in [0.4, 0.5) is 0 Å². The maximum Gasteiger partial charge on any atom is 0.237 e. The van der Waals surface area contributed by atoms with Crippen LogP contribution in [0.5, 0.6) is 0 Å². The molecule has 2 unspecified atom stereocenters. The van der Waals surface area contributed by atoms with E-state index in [1.807, 2.05) is 0 Å². The van der Waals surface area contributed by atoms with Crippen molar-refractivity contribution in [2.24, 2.45) is 11.8 Å². The maximum absolute atomic E-state index is 12.2. The molecule has 1 aliphatic carbocycles. The first-order chi connectivity index (χ1) is 9.16. The number of rotatable bonds is 4. The highest BCUT2D eigenvalue weighted by Gasteiger charge is 2.26. The third kappa shape index (κ3) is 4.48. The number of amides is 1. The smallest absolute Gasteiger partial charge is 0.237 e. The van der Waals surface area contributed by atoms with E-state index in [4.69, 9.17) is 0 Å². The second-order valence-corrected chi connectivity index (χ2v) is 6.67. The minimum absolute atomic E-state index is 0.0475. The zero-order chi connectivity index (χ0) is 13.7. The van der Waals surface area contributed by atoms with E-state index in [0.717, 1.165) is 31.5 Å². The van der Waals surface area contributed by atoms with Crippen LogP contribution in [-0.4, -0.2) is 36.5 Å². The maximum atomic E-state index is 12.2. The monoisotopic (exact) mass is 266 g/mol. The summed E-state index contributed by atoms with van der Waals surface area (Å²) in [6.45, 7) is 7.42. The van der Waals surface area contributed by atoms with Crippen LogP contribution in [0.3, 0.4) is 0 Å². The predicted octanol–water partition coefficient (Wildman–Crippen LogP) is 2.80. The Labute approximate surface area is 118 Å². The average molecular weight is 266 g/mol. The fraction of sp³-hybridized carbons (Fsp3) is 0.938. The molecule has 3 nitrogen and oxygen atoms in total. The Morgan fingerprint density at radius 3 is 2.63 bits per heavy atom. The Bertz CT molecular complexity index is 286. The van der Waals surface area contributed by atoms with Crippen LogP contribution >= 0.6 is 0 Å². The quantitative estimate of drug-likeness (QED) is 0.848. The lowest BCUT2D eigenvalue weighted by atomic mass is 9.89. The van der Waals surface area contributed by atoms with Gasteiger partial charge in [-0.25, -0.2) is 0 Å². The molecule has 2 fully saturated rings. The first-order valence-corrected chi connectivity index (χ1v) is 8.18. The molecule has 110 valence electrons. The molecule has 1 aliphatic heterocycles. The third-order valence-corrected chi connectivity index (χ3v) is 4.91. The summed E-state index contributed by atoms with van der Waals surface area (Å²) in [7, 11) is 0. The zero-order valence-electron chi connectivity index (χ0n) is 12.7. The number of nitrogens with one attached hydrogen (secondary N) is 1. The van der Waals surface area contributed by atoms with Crippen LogP contribution in [0.25, 0.3) is 0 Å². The van der Waals surface area contributed by atoms with Crippen LogP contribution in [0.2, 0.25) is 0 Å². The van der Waals surface area contributed by atoms with Crippen LogP contribution in [-0.2, 0) is 4.79 Å². The summed E-state index contributed by atoms with van der Waals surface area (Å²) in [6.07, 6.45) is 9.23. The van der Waals surface area contributed by atoms with Gasteiger partial charge in [0.1, 0.15) is 0 Å². The van der Waals surface area contributed by atoms with Gasteiger partial charge in [0.25, 0.3) is 0 Å². The van der Waals surface area contributed by atoms with Crippen molar-refractivity contribution in [2.75, 3.05) is 19.6 Å². The molecule has 1 amide bonds. The molecule has 1 N–H and O–H groups in total. The van der Waals surface area contributed by atoms with Crippen molar-refractivity contribution in [3.05, 3.63) is 0 Å². The number of carbonyl (C=O) groups excluding carboxylic acids is 1. The molecule has 1 saturated carbocycles. The van der Waals surface area contributed by atoms with Crippen LogP contribution in [0.15, 0.2) is 0 Å². The standard InChI is InChI=1S/C16H30N2O/c1-13-7-6-10-18(12-13)14(2)16(19)17-11-15-8-4-3-5-9-15/h13-15H,3-12H2,1-2H3,(H,17,19). The van der Waals surface area contributed by atoms with E-state index in [2.05, 4.69) is 24.1 Å². The van der Waals surface area contributed by atoms with Crippen molar-refractivity contribution in [3.63, 3.8) is 0 Å². The van der Waals surface area contributed by atoms with Gasteiger partial charge in [-0.05, 0) is 51.0 Å². The minimum Gasteiger partial charge on any atom is -0.354 e. The molecule has 0 bridgehead atoms. The normalized spacial score (nSPS) is 28.0. The average Bonchev–Trinajstić information content (AvgIpc) is 2.45. The summed E-state index contributed by atoms with van der Waals surface area (Å²) in [5, 5.41) is 3.18. The van der Waals surface area contributed by atoms with Gasteiger partial charge in [0.15, 0.2) is 0 Å². The van der Waals surface area contributed by atoms with Gasteiger partial charge >= 0.3 is 0 Å². The first-order valence-electron chi connectivity index (χ1n) is 8.18. The second-order valence-electron chi connectivity index (χ2n) is 6.67. The predicted molar refractivity (Wildman–Crippen MR) is 79.0 cm³/mol. The molecule has 0 radical (unpaired) electrons. The van der Waals surface area contributed by atoms with Crippen LogP contribution < -0.4 is 5.32 Å². The Hall–Kier alpha value is -0.570. The number of carbonyl (C=O) groups is 1. The fourth-order valence-electron chi connectivity index (χ4n) is 3.53. The highest BCUT2D eigenvalue weighted by Crippen LogP contribution is 2.23. The van der Waals surface area contributed by atoms with Crippen molar-refractivity contribution in [3.8, 4) is 0 Å². The van der Waals surface area contributed by atoms with Gasteiger partial charge in [0, 0.05) is 13.1 Å². The van der Waals surface area contributed by atoms with Gasteiger partial charge in [-0.2, -0.15) is 0 Å². The Balaban J connectivity index is 1.72. The number of hydrogen-bond donors (Lipinski definition) is 1. The largest absolute Gasteiger partial charge is 0.354 e. The molecule has 0 aromatic carbocycles. The van der Waals surface area contributed by atoms with Gasteiger partial charge in [0.2, 0.25) is 5.91 Å². The number of nitrogens with zero attached hydrogens (tertiary/aromatic N) is 1. The molecule has 0 aromatic rings. The topological polar surface area (TPSA) is 32.3 Å². The van der Waals surface area contributed by atoms with E-state index in [1.54, 1.807) is 0 Å². The molecule has 1 saturated heterocycles. The summed E-state index contributed by atoms with van der Waals surface area (Å²) < 4.78 is 0. The molecule has 19 heavy (non-hydrogen) atoms.